The van der Waals surface area contributed by atoms with Gasteiger partial charge in [-0.2, -0.15) is 0 Å². The van der Waals surface area contributed by atoms with Crippen LogP contribution in [0.1, 0.15) is 30.0 Å². The van der Waals surface area contributed by atoms with Gasteiger partial charge >= 0.3 is 0 Å². The Balaban J connectivity index is 2.07. The Hall–Kier alpha value is -1.87. The lowest BCUT2D eigenvalue weighted by Crippen LogP contribution is -2.22. The van der Waals surface area contributed by atoms with Crippen molar-refractivity contribution in [3.8, 4) is 0 Å². The average molecular weight is 283 g/mol. The molecule has 0 spiro atoms. The van der Waals surface area contributed by atoms with Crippen LogP contribution in [0, 0.1) is 6.92 Å². The fourth-order valence-electron chi connectivity index (χ4n) is 2.35. The largest absolute Gasteiger partial charge is 0.355 e. The third-order valence-corrected chi connectivity index (χ3v) is 3.51. The van der Waals surface area contributed by atoms with Crippen molar-refractivity contribution < 1.29 is 0 Å². The number of rotatable bonds is 7. The van der Waals surface area contributed by atoms with Crippen LogP contribution in [0.3, 0.4) is 0 Å². The molecule has 0 amide bonds. The third kappa shape index (κ3) is 4.57. The Morgan fingerprint density at radius 2 is 1.90 bits per heavy atom. The Bertz CT molecular complexity index is 549. The number of anilines is 1. The molecule has 0 aliphatic heterocycles. The van der Waals surface area contributed by atoms with Crippen molar-refractivity contribution in [1.82, 2.24) is 10.3 Å². The predicted octanol–water partition coefficient (Wildman–Crippen LogP) is 3.53. The van der Waals surface area contributed by atoms with Crippen molar-refractivity contribution in [2.24, 2.45) is 0 Å². The van der Waals surface area contributed by atoms with Crippen LogP contribution in [0.4, 0.5) is 5.82 Å². The Kier molecular flexibility index (Phi) is 5.76. The van der Waals surface area contributed by atoms with Gasteiger partial charge in [-0.3, -0.25) is 0 Å². The molecule has 0 aliphatic carbocycles. The molecule has 112 valence electrons. The maximum Gasteiger partial charge on any atom is 0.133 e. The number of aromatic nitrogens is 1. The topological polar surface area (TPSA) is 28.2 Å². The van der Waals surface area contributed by atoms with E-state index in [4.69, 9.17) is 0 Å². The standard InChI is InChI=1S/C18H25N3/c1-4-11-19-13-17-6-5-12-20-18(17)21(3)14-16-9-7-15(2)8-10-16/h5-10,12,19H,4,11,13-14H2,1-3H3. The lowest BCUT2D eigenvalue weighted by molar-refractivity contribution is 0.671. The van der Waals surface area contributed by atoms with E-state index in [1.807, 2.05) is 12.3 Å². The zero-order chi connectivity index (χ0) is 15.1. The van der Waals surface area contributed by atoms with Gasteiger partial charge in [0, 0.05) is 31.9 Å². The summed E-state index contributed by atoms with van der Waals surface area (Å²) in [7, 11) is 2.10. The van der Waals surface area contributed by atoms with Gasteiger partial charge in [0.25, 0.3) is 0 Å². The number of aryl methyl sites for hydroxylation is 1. The summed E-state index contributed by atoms with van der Waals surface area (Å²) in [5, 5.41) is 3.45. The molecule has 0 aliphatic rings. The van der Waals surface area contributed by atoms with E-state index in [0.29, 0.717) is 0 Å². The normalized spacial score (nSPS) is 10.6. The molecule has 1 N–H and O–H groups in total. The molecule has 3 nitrogen and oxygen atoms in total. The quantitative estimate of drug-likeness (QED) is 0.788. The van der Waals surface area contributed by atoms with Crippen molar-refractivity contribution in [3.05, 3.63) is 59.3 Å². The molecule has 1 aromatic carbocycles. The Morgan fingerprint density at radius 3 is 2.62 bits per heavy atom. The van der Waals surface area contributed by atoms with E-state index in [-0.39, 0.29) is 0 Å². The third-order valence-electron chi connectivity index (χ3n) is 3.51. The molecule has 0 fully saturated rings. The Labute approximate surface area is 128 Å². The molecule has 1 aromatic heterocycles. The molecule has 2 rings (SSSR count). The van der Waals surface area contributed by atoms with Crippen molar-refractivity contribution in [2.75, 3.05) is 18.5 Å². The van der Waals surface area contributed by atoms with Crippen LogP contribution in [0.25, 0.3) is 0 Å². The van der Waals surface area contributed by atoms with Crippen LogP contribution in [-0.2, 0) is 13.1 Å². The number of benzene rings is 1. The highest BCUT2D eigenvalue weighted by atomic mass is 15.2. The monoisotopic (exact) mass is 283 g/mol. The van der Waals surface area contributed by atoms with Gasteiger partial charge < -0.3 is 10.2 Å². The molecule has 1 heterocycles. The molecule has 3 heteroatoms. The fourth-order valence-corrected chi connectivity index (χ4v) is 2.35. The van der Waals surface area contributed by atoms with Crippen LogP contribution in [0.2, 0.25) is 0 Å². The van der Waals surface area contributed by atoms with Crippen molar-refractivity contribution in [1.29, 1.82) is 0 Å². The maximum atomic E-state index is 4.56. The lowest BCUT2D eigenvalue weighted by atomic mass is 10.1. The second kappa shape index (κ2) is 7.79. The first-order chi connectivity index (χ1) is 10.2. The molecular weight excluding hydrogens is 258 g/mol. The van der Waals surface area contributed by atoms with Crippen molar-refractivity contribution >= 4 is 5.82 Å². The predicted molar refractivity (Wildman–Crippen MR) is 89.5 cm³/mol. The van der Waals surface area contributed by atoms with Crippen LogP contribution in [-0.4, -0.2) is 18.6 Å². The second-order valence-corrected chi connectivity index (χ2v) is 5.50. The highest BCUT2D eigenvalue weighted by molar-refractivity contribution is 5.46. The summed E-state index contributed by atoms with van der Waals surface area (Å²) in [4.78, 5) is 6.77. The van der Waals surface area contributed by atoms with Gasteiger partial charge in [0.05, 0.1) is 0 Å². The molecule has 0 unspecified atom stereocenters. The van der Waals surface area contributed by atoms with E-state index in [9.17, 15) is 0 Å². The molecule has 0 saturated carbocycles. The van der Waals surface area contributed by atoms with Crippen LogP contribution in [0.5, 0.6) is 0 Å². The number of hydrogen-bond acceptors (Lipinski definition) is 3. The van der Waals surface area contributed by atoms with E-state index in [1.165, 1.54) is 16.7 Å². The molecule has 0 radical (unpaired) electrons. The number of nitrogens with one attached hydrogen (secondary N) is 1. The molecule has 21 heavy (non-hydrogen) atoms. The minimum atomic E-state index is 0.870. The summed E-state index contributed by atoms with van der Waals surface area (Å²) >= 11 is 0. The zero-order valence-corrected chi connectivity index (χ0v) is 13.3. The second-order valence-electron chi connectivity index (χ2n) is 5.50. The summed E-state index contributed by atoms with van der Waals surface area (Å²) < 4.78 is 0. The summed E-state index contributed by atoms with van der Waals surface area (Å²) in [5.74, 6) is 1.06. The van der Waals surface area contributed by atoms with Gasteiger partial charge in [0.2, 0.25) is 0 Å². The maximum absolute atomic E-state index is 4.56. The zero-order valence-electron chi connectivity index (χ0n) is 13.3. The molecule has 2 aromatic rings. The minimum Gasteiger partial charge on any atom is -0.355 e. The van der Waals surface area contributed by atoms with Gasteiger partial charge in [0.15, 0.2) is 0 Å². The lowest BCUT2D eigenvalue weighted by Gasteiger charge is -2.21. The molecular formula is C18H25N3. The van der Waals surface area contributed by atoms with E-state index in [2.05, 4.69) is 66.4 Å². The highest BCUT2D eigenvalue weighted by Crippen LogP contribution is 2.18. The first-order valence-electron chi connectivity index (χ1n) is 7.62. The average Bonchev–Trinajstić information content (AvgIpc) is 2.50. The van der Waals surface area contributed by atoms with Crippen molar-refractivity contribution in [2.45, 2.75) is 33.4 Å². The number of pyridine rings is 1. The first kappa shape index (κ1) is 15.5. The van der Waals surface area contributed by atoms with Gasteiger partial charge in [0.1, 0.15) is 5.82 Å². The van der Waals surface area contributed by atoms with Gasteiger partial charge in [-0.1, -0.05) is 42.8 Å². The van der Waals surface area contributed by atoms with Crippen molar-refractivity contribution in [3.63, 3.8) is 0 Å². The van der Waals surface area contributed by atoms with Crippen LogP contribution < -0.4 is 10.2 Å². The fraction of sp³-hybridized carbons (Fsp3) is 0.389. The van der Waals surface area contributed by atoms with Gasteiger partial charge in [-0.15, -0.1) is 0 Å². The number of hydrogen-bond donors (Lipinski definition) is 1. The minimum absolute atomic E-state index is 0.870. The summed E-state index contributed by atoms with van der Waals surface area (Å²) in [6.07, 6.45) is 3.01. The first-order valence-corrected chi connectivity index (χ1v) is 7.62. The molecule has 0 atom stereocenters. The summed E-state index contributed by atoms with van der Waals surface area (Å²) in [6, 6.07) is 12.8. The van der Waals surface area contributed by atoms with E-state index >= 15 is 0 Å². The molecule has 0 saturated heterocycles. The van der Waals surface area contributed by atoms with Gasteiger partial charge in [-0.25, -0.2) is 4.98 Å². The Morgan fingerprint density at radius 1 is 1.14 bits per heavy atom. The highest BCUT2D eigenvalue weighted by Gasteiger charge is 2.08. The van der Waals surface area contributed by atoms with Gasteiger partial charge in [-0.05, 0) is 31.5 Å². The van der Waals surface area contributed by atoms with E-state index in [0.717, 1.165) is 31.9 Å². The van der Waals surface area contributed by atoms with E-state index < -0.39 is 0 Å². The SMILES string of the molecule is CCCNCc1cccnc1N(C)Cc1ccc(C)cc1. The van der Waals surface area contributed by atoms with E-state index in [1.54, 1.807) is 0 Å². The smallest absolute Gasteiger partial charge is 0.133 e. The number of nitrogens with zero attached hydrogens (tertiary/aromatic N) is 2. The molecule has 0 bridgehead atoms. The summed E-state index contributed by atoms with van der Waals surface area (Å²) in [5.41, 5.74) is 3.85. The van der Waals surface area contributed by atoms with Crippen LogP contribution >= 0.6 is 0 Å². The van der Waals surface area contributed by atoms with Crippen LogP contribution in [0.15, 0.2) is 42.6 Å². The summed E-state index contributed by atoms with van der Waals surface area (Å²) in [6.45, 7) is 7.08.